The van der Waals surface area contributed by atoms with Crippen LogP contribution in [0.15, 0.2) is 18.2 Å². The van der Waals surface area contributed by atoms with E-state index >= 15 is 0 Å². The third kappa shape index (κ3) is 1.91. The first-order valence-electron chi connectivity index (χ1n) is 6.59. The molecule has 1 aliphatic rings. The van der Waals surface area contributed by atoms with E-state index in [2.05, 4.69) is 23.4 Å². The summed E-state index contributed by atoms with van der Waals surface area (Å²) in [5.41, 5.74) is 2.23. The number of aryl methyl sites for hydroxylation is 1. The van der Waals surface area contributed by atoms with Crippen LogP contribution in [-0.4, -0.2) is 20.6 Å². The van der Waals surface area contributed by atoms with Crippen LogP contribution in [0.2, 0.25) is 0 Å². The number of imidazole rings is 1. The lowest BCUT2D eigenvalue weighted by atomic mass is 10.1. The summed E-state index contributed by atoms with van der Waals surface area (Å²) >= 11 is 0. The van der Waals surface area contributed by atoms with Crippen LogP contribution in [0.1, 0.15) is 36.5 Å². The van der Waals surface area contributed by atoms with Crippen LogP contribution >= 0.6 is 0 Å². The van der Waals surface area contributed by atoms with E-state index in [-0.39, 0.29) is 5.56 Å². The monoisotopic (exact) mass is 258 g/mol. The maximum absolute atomic E-state index is 11.2. The number of benzene rings is 1. The van der Waals surface area contributed by atoms with Gasteiger partial charge in [0.15, 0.2) is 0 Å². The molecular formula is C15H18N2O2. The van der Waals surface area contributed by atoms with Crippen LogP contribution in [0.5, 0.6) is 0 Å². The lowest BCUT2D eigenvalue weighted by Gasteiger charge is -2.08. The van der Waals surface area contributed by atoms with E-state index in [1.54, 1.807) is 12.1 Å². The average Bonchev–Trinajstić information content (AvgIpc) is 2.79. The molecule has 2 aromatic rings. The van der Waals surface area contributed by atoms with Gasteiger partial charge in [0.25, 0.3) is 0 Å². The summed E-state index contributed by atoms with van der Waals surface area (Å²) in [5.74, 6) is 0.644. The fourth-order valence-electron chi connectivity index (χ4n) is 2.77. The van der Waals surface area contributed by atoms with Crippen molar-refractivity contribution in [2.75, 3.05) is 0 Å². The van der Waals surface area contributed by atoms with Crippen molar-refractivity contribution in [3.8, 4) is 0 Å². The molecule has 0 bridgehead atoms. The summed E-state index contributed by atoms with van der Waals surface area (Å²) in [7, 11) is 0. The predicted octanol–water partition coefficient (Wildman–Crippen LogP) is 3.09. The zero-order valence-corrected chi connectivity index (χ0v) is 11.5. The Morgan fingerprint density at radius 3 is 2.79 bits per heavy atom. The van der Waals surface area contributed by atoms with E-state index in [9.17, 15) is 9.90 Å². The molecule has 0 radical (unpaired) electrons. The molecule has 100 valence electrons. The van der Waals surface area contributed by atoms with Crippen molar-refractivity contribution in [1.82, 2.24) is 9.55 Å². The molecule has 1 unspecified atom stereocenters. The van der Waals surface area contributed by atoms with Gasteiger partial charge in [-0.25, -0.2) is 9.78 Å². The lowest BCUT2D eigenvalue weighted by Crippen LogP contribution is -2.05. The smallest absolute Gasteiger partial charge is 0.337 e. The molecule has 1 N–H and O–H groups in total. The molecule has 3 rings (SSSR count). The number of nitrogens with zero attached hydrogens (tertiary/aromatic N) is 2. The van der Waals surface area contributed by atoms with Crippen molar-refractivity contribution in [2.24, 2.45) is 11.3 Å². The molecule has 1 aromatic heterocycles. The summed E-state index contributed by atoms with van der Waals surface area (Å²) in [5, 5.41) is 9.21. The Morgan fingerprint density at radius 1 is 1.53 bits per heavy atom. The van der Waals surface area contributed by atoms with E-state index < -0.39 is 5.97 Å². The van der Waals surface area contributed by atoms with Gasteiger partial charge >= 0.3 is 5.97 Å². The third-order valence-corrected chi connectivity index (χ3v) is 4.32. The van der Waals surface area contributed by atoms with E-state index in [1.165, 1.54) is 6.42 Å². The Bertz CT molecular complexity index is 670. The summed E-state index contributed by atoms with van der Waals surface area (Å²) in [6.45, 7) is 7.42. The normalized spacial score (nSPS) is 20.7. The number of fused-ring (bicyclic) bond motifs is 1. The molecule has 0 amide bonds. The minimum absolute atomic E-state index is 0.286. The Kier molecular flexibility index (Phi) is 2.46. The minimum atomic E-state index is -0.915. The first-order valence-corrected chi connectivity index (χ1v) is 6.59. The van der Waals surface area contributed by atoms with Crippen LogP contribution < -0.4 is 0 Å². The van der Waals surface area contributed by atoms with Gasteiger partial charge in [0.1, 0.15) is 11.3 Å². The average molecular weight is 258 g/mol. The number of rotatable bonds is 3. The van der Waals surface area contributed by atoms with Gasteiger partial charge in [0.2, 0.25) is 0 Å². The number of hydrogen-bond donors (Lipinski definition) is 1. The summed E-state index contributed by atoms with van der Waals surface area (Å²) in [4.78, 5) is 15.7. The van der Waals surface area contributed by atoms with Crippen molar-refractivity contribution >= 4 is 17.0 Å². The second kappa shape index (κ2) is 3.83. The molecule has 1 heterocycles. The Labute approximate surface area is 112 Å². The highest BCUT2D eigenvalue weighted by Gasteiger charge is 2.45. The number of carbonyl (C=O) groups is 1. The number of carboxylic acid groups (broad SMARTS) is 1. The Morgan fingerprint density at radius 2 is 2.21 bits per heavy atom. The summed E-state index contributed by atoms with van der Waals surface area (Å²) in [6.07, 6.45) is 1.23. The van der Waals surface area contributed by atoms with Crippen LogP contribution in [0.3, 0.4) is 0 Å². The number of para-hydroxylation sites is 1. The second-order valence-electron chi connectivity index (χ2n) is 6.14. The zero-order chi connectivity index (χ0) is 13.8. The van der Waals surface area contributed by atoms with Crippen molar-refractivity contribution in [3.63, 3.8) is 0 Å². The van der Waals surface area contributed by atoms with E-state index in [0.29, 0.717) is 16.8 Å². The summed E-state index contributed by atoms with van der Waals surface area (Å²) in [6, 6.07) is 5.36. The predicted molar refractivity (Wildman–Crippen MR) is 73.3 cm³/mol. The Hall–Kier alpha value is -1.84. The van der Waals surface area contributed by atoms with E-state index in [0.717, 1.165) is 17.9 Å². The maximum atomic E-state index is 11.2. The van der Waals surface area contributed by atoms with Gasteiger partial charge in [-0.2, -0.15) is 0 Å². The molecule has 1 aromatic carbocycles. The highest BCUT2D eigenvalue weighted by molar-refractivity contribution is 6.01. The number of hydrogen-bond acceptors (Lipinski definition) is 2. The zero-order valence-electron chi connectivity index (χ0n) is 11.5. The van der Waals surface area contributed by atoms with Gasteiger partial charge in [-0.15, -0.1) is 0 Å². The lowest BCUT2D eigenvalue weighted by molar-refractivity contribution is 0.0699. The Balaban J connectivity index is 2.08. The molecular weight excluding hydrogens is 240 g/mol. The van der Waals surface area contributed by atoms with Gasteiger partial charge in [0.05, 0.1) is 11.1 Å². The minimum Gasteiger partial charge on any atom is -0.478 e. The molecule has 0 saturated heterocycles. The van der Waals surface area contributed by atoms with E-state index in [1.807, 2.05) is 13.0 Å². The number of aromatic carboxylic acids is 1. The first kappa shape index (κ1) is 12.2. The second-order valence-corrected chi connectivity index (χ2v) is 6.14. The van der Waals surface area contributed by atoms with Gasteiger partial charge in [-0.1, -0.05) is 19.9 Å². The standard InChI is InChI=1S/C15H18N2O2/c1-9-16-13-11(14(18)19)5-4-6-12(13)17(9)8-10-7-15(10,2)3/h4-6,10H,7-8H2,1-3H3,(H,18,19). The topological polar surface area (TPSA) is 55.1 Å². The highest BCUT2D eigenvalue weighted by atomic mass is 16.4. The van der Waals surface area contributed by atoms with Gasteiger partial charge < -0.3 is 9.67 Å². The fraction of sp³-hybridized carbons (Fsp3) is 0.467. The number of carboxylic acids is 1. The maximum Gasteiger partial charge on any atom is 0.337 e. The van der Waals surface area contributed by atoms with Crippen molar-refractivity contribution < 1.29 is 9.90 Å². The van der Waals surface area contributed by atoms with Crippen LogP contribution in [-0.2, 0) is 6.54 Å². The molecule has 0 spiro atoms. The quantitative estimate of drug-likeness (QED) is 0.920. The van der Waals surface area contributed by atoms with Crippen molar-refractivity contribution in [1.29, 1.82) is 0 Å². The molecule has 1 saturated carbocycles. The fourth-order valence-corrected chi connectivity index (χ4v) is 2.77. The number of aromatic nitrogens is 2. The van der Waals surface area contributed by atoms with Crippen molar-refractivity contribution in [2.45, 2.75) is 33.7 Å². The molecule has 19 heavy (non-hydrogen) atoms. The van der Waals surface area contributed by atoms with Crippen LogP contribution in [0, 0.1) is 18.3 Å². The van der Waals surface area contributed by atoms with Gasteiger partial charge in [-0.05, 0) is 36.8 Å². The van der Waals surface area contributed by atoms with Crippen LogP contribution in [0.25, 0.3) is 11.0 Å². The summed E-state index contributed by atoms with van der Waals surface area (Å²) < 4.78 is 2.15. The largest absolute Gasteiger partial charge is 0.478 e. The molecule has 1 fully saturated rings. The van der Waals surface area contributed by atoms with Gasteiger partial charge in [0, 0.05) is 6.54 Å². The van der Waals surface area contributed by atoms with Crippen LogP contribution in [0.4, 0.5) is 0 Å². The van der Waals surface area contributed by atoms with Crippen molar-refractivity contribution in [3.05, 3.63) is 29.6 Å². The first-order chi connectivity index (χ1) is 8.90. The SMILES string of the molecule is Cc1nc2c(C(=O)O)cccc2n1CC1CC1(C)C. The van der Waals surface area contributed by atoms with Gasteiger partial charge in [-0.3, -0.25) is 0 Å². The van der Waals surface area contributed by atoms with E-state index in [4.69, 9.17) is 0 Å². The third-order valence-electron chi connectivity index (χ3n) is 4.32. The highest BCUT2D eigenvalue weighted by Crippen LogP contribution is 2.52. The molecule has 4 nitrogen and oxygen atoms in total. The molecule has 0 aliphatic heterocycles. The molecule has 4 heteroatoms. The molecule has 1 atom stereocenters. The molecule has 1 aliphatic carbocycles.